The molecule has 2 heterocycles. The molecule has 3 N–H and O–H groups in total. The van der Waals surface area contributed by atoms with Crippen molar-refractivity contribution in [1.29, 1.82) is 0 Å². The summed E-state index contributed by atoms with van der Waals surface area (Å²) in [5.74, 6) is 0.441. The number of nitrogens with one attached hydrogen (secondary N) is 1. The fourth-order valence-corrected chi connectivity index (χ4v) is 3.81. The van der Waals surface area contributed by atoms with Gasteiger partial charge in [-0.15, -0.1) is 0 Å². The van der Waals surface area contributed by atoms with Crippen LogP contribution in [0.3, 0.4) is 0 Å². The number of nitrogens with zero attached hydrogens (tertiary/aromatic N) is 3. The minimum absolute atomic E-state index is 0.00265. The Morgan fingerprint density at radius 2 is 1.96 bits per heavy atom. The quantitative estimate of drug-likeness (QED) is 0.646. The molecule has 1 aromatic heterocycles. The third-order valence-corrected chi connectivity index (χ3v) is 5.30. The maximum absolute atomic E-state index is 12.9. The monoisotopic (exact) mass is 397 g/mol. The molecule has 2 rings (SSSR count). The van der Waals surface area contributed by atoms with Gasteiger partial charge in [-0.25, -0.2) is 4.79 Å². The van der Waals surface area contributed by atoms with Gasteiger partial charge >= 0.3 is 5.69 Å². The number of H-pyrrole nitrogens is 1. The van der Waals surface area contributed by atoms with Crippen molar-refractivity contribution in [2.75, 3.05) is 36.0 Å². The lowest BCUT2D eigenvalue weighted by Crippen LogP contribution is -2.42. The molecule has 1 saturated heterocycles. The van der Waals surface area contributed by atoms with Crippen LogP contribution >= 0.6 is 11.8 Å². The first-order valence-corrected chi connectivity index (χ1v) is 10.2. The van der Waals surface area contributed by atoms with Crippen LogP contribution in [0.2, 0.25) is 0 Å². The molecule has 0 aromatic carbocycles. The van der Waals surface area contributed by atoms with E-state index in [2.05, 4.69) is 4.98 Å². The second kappa shape index (κ2) is 9.63. The summed E-state index contributed by atoms with van der Waals surface area (Å²) >= 11 is 1.24. The maximum atomic E-state index is 12.9. The Kier molecular flexibility index (Phi) is 7.52. The van der Waals surface area contributed by atoms with Crippen molar-refractivity contribution in [2.24, 2.45) is 0 Å². The van der Waals surface area contributed by atoms with Gasteiger partial charge in [-0.1, -0.05) is 32.0 Å². The third kappa shape index (κ3) is 4.94. The minimum Gasteiger partial charge on any atom is -0.383 e. The lowest BCUT2D eigenvalue weighted by atomic mass is 10.2. The summed E-state index contributed by atoms with van der Waals surface area (Å²) in [5, 5.41) is -0.0308. The number of hydrogen-bond donors (Lipinski definition) is 2. The molecule has 1 fully saturated rings. The molecule has 1 aliphatic rings. The summed E-state index contributed by atoms with van der Waals surface area (Å²) in [6, 6.07) is 0. The SMILES string of the molecule is CCCCN(C(=O)CCN1CCSC1=O)c1c(N)n(CCC)c(=O)[nH]c1=O. The number of aromatic amines is 1. The lowest BCUT2D eigenvalue weighted by molar-refractivity contribution is -0.118. The highest BCUT2D eigenvalue weighted by atomic mass is 32.2. The van der Waals surface area contributed by atoms with Crippen LogP contribution in [0.5, 0.6) is 0 Å². The van der Waals surface area contributed by atoms with E-state index in [0.717, 1.165) is 12.2 Å². The van der Waals surface area contributed by atoms with Gasteiger partial charge in [0.1, 0.15) is 5.82 Å². The predicted octanol–water partition coefficient (Wildman–Crippen LogP) is 1.22. The van der Waals surface area contributed by atoms with Gasteiger partial charge in [0.2, 0.25) is 5.91 Å². The van der Waals surface area contributed by atoms with Crippen molar-refractivity contribution < 1.29 is 9.59 Å². The Hall–Kier alpha value is -2.23. The second-order valence-electron chi connectivity index (χ2n) is 6.40. The Morgan fingerprint density at radius 1 is 1.22 bits per heavy atom. The second-order valence-corrected chi connectivity index (χ2v) is 7.44. The zero-order valence-electron chi connectivity index (χ0n) is 15.8. The molecule has 0 spiro atoms. The van der Waals surface area contributed by atoms with E-state index in [1.54, 1.807) is 4.90 Å². The molecule has 27 heavy (non-hydrogen) atoms. The van der Waals surface area contributed by atoms with E-state index < -0.39 is 11.2 Å². The molecule has 0 bridgehead atoms. The van der Waals surface area contributed by atoms with E-state index in [9.17, 15) is 19.2 Å². The Balaban J connectivity index is 2.31. The van der Waals surface area contributed by atoms with Crippen molar-refractivity contribution >= 4 is 34.4 Å². The van der Waals surface area contributed by atoms with Gasteiger partial charge in [0.05, 0.1) is 0 Å². The van der Waals surface area contributed by atoms with E-state index in [4.69, 9.17) is 5.73 Å². The molecule has 9 nitrogen and oxygen atoms in total. The molecular weight excluding hydrogens is 370 g/mol. The molecule has 0 radical (unpaired) electrons. The van der Waals surface area contributed by atoms with E-state index >= 15 is 0 Å². The number of rotatable bonds is 9. The number of nitrogen functional groups attached to an aromatic ring is 1. The van der Waals surface area contributed by atoms with Gasteiger partial charge in [-0.3, -0.25) is 23.9 Å². The van der Waals surface area contributed by atoms with Crippen LogP contribution < -0.4 is 21.9 Å². The summed E-state index contributed by atoms with van der Waals surface area (Å²) in [7, 11) is 0. The Labute approximate surface area is 161 Å². The highest BCUT2D eigenvalue weighted by molar-refractivity contribution is 8.13. The summed E-state index contributed by atoms with van der Waals surface area (Å²) in [6.45, 7) is 5.48. The molecule has 0 atom stereocenters. The normalized spacial score (nSPS) is 14.0. The first-order chi connectivity index (χ1) is 12.9. The van der Waals surface area contributed by atoms with Crippen LogP contribution in [0.1, 0.15) is 39.5 Å². The zero-order valence-corrected chi connectivity index (χ0v) is 16.6. The molecule has 0 unspecified atom stereocenters. The summed E-state index contributed by atoms with van der Waals surface area (Å²) in [5.41, 5.74) is 4.88. The highest BCUT2D eigenvalue weighted by Gasteiger charge is 2.26. The van der Waals surface area contributed by atoms with Crippen LogP contribution in [-0.2, 0) is 11.3 Å². The van der Waals surface area contributed by atoms with Crippen LogP contribution in [-0.4, -0.2) is 51.0 Å². The number of amides is 2. The molecule has 0 saturated carbocycles. The van der Waals surface area contributed by atoms with Crippen molar-refractivity contribution in [3.05, 3.63) is 20.8 Å². The molecular formula is C17H27N5O4S. The summed E-state index contributed by atoms with van der Waals surface area (Å²) in [4.78, 5) is 54.3. The van der Waals surface area contributed by atoms with E-state index in [1.165, 1.54) is 21.2 Å². The summed E-state index contributed by atoms with van der Waals surface area (Å²) < 4.78 is 1.28. The standard InChI is InChI=1S/C17H27N5O4S/c1-3-5-8-21(12(23)6-9-20-10-11-27-17(20)26)13-14(18)22(7-4-2)16(25)19-15(13)24/h3-11,18H2,1-2H3,(H,19,24,25). The smallest absolute Gasteiger partial charge is 0.330 e. The number of hydrogen-bond acceptors (Lipinski definition) is 6. The topological polar surface area (TPSA) is 121 Å². The molecule has 150 valence electrons. The lowest BCUT2D eigenvalue weighted by Gasteiger charge is -2.25. The average Bonchev–Trinajstić information content (AvgIpc) is 3.04. The van der Waals surface area contributed by atoms with Crippen molar-refractivity contribution in [2.45, 2.75) is 46.1 Å². The number of unbranched alkanes of at least 4 members (excludes halogenated alkanes) is 1. The third-order valence-electron chi connectivity index (χ3n) is 4.41. The first kappa shape index (κ1) is 21.1. The fourth-order valence-electron chi connectivity index (χ4n) is 2.96. The predicted molar refractivity (Wildman–Crippen MR) is 107 cm³/mol. The van der Waals surface area contributed by atoms with Gasteiger partial charge < -0.3 is 15.5 Å². The Morgan fingerprint density at radius 3 is 2.56 bits per heavy atom. The Bertz CT molecular complexity index is 803. The number of aromatic nitrogens is 2. The van der Waals surface area contributed by atoms with Crippen LogP contribution in [0.25, 0.3) is 0 Å². The van der Waals surface area contributed by atoms with Gasteiger partial charge in [-0.05, 0) is 12.8 Å². The van der Waals surface area contributed by atoms with Gasteiger partial charge in [-0.2, -0.15) is 0 Å². The van der Waals surface area contributed by atoms with Crippen molar-refractivity contribution in [3.63, 3.8) is 0 Å². The summed E-state index contributed by atoms with van der Waals surface area (Å²) in [6.07, 6.45) is 2.28. The number of anilines is 2. The van der Waals surface area contributed by atoms with Gasteiger partial charge in [0, 0.05) is 38.4 Å². The van der Waals surface area contributed by atoms with E-state index in [1.807, 2.05) is 13.8 Å². The number of nitrogens with two attached hydrogens (primary N) is 1. The first-order valence-electron chi connectivity index (χ1n) is 9.25. The molecule has 10 heteroatoms. The fraction of sp³-hybridized carbons (Fsp3) is 0.647. The molecule has 1 aromatic rings. The van der Waals surface area contributed by atoms with Crippen LogP contribution in [0.15, 0.2) is 9.59 Å². The van der Waals surface area contributed by atoms with Gasteiger partial charge in [0.25, 0.3) is 10.8 Å². The van der Waals surface area contributed by atoms with Gasteiger partial charge in [0.15, 0.2) is 5.69 Å². The van der Waals surface area contributed by atoms with Crippen LogP contribution in [0, 0.1) is 0 Å². The average molecular weight is 398 g/mol. The molecule has 0 aliphatic carbocycles. The molecule has 2 amide bonds. The minimum atomic E-state index is -0.665. The van der Waals surface area contributed by atoms with E-state index in [0.29, 0.717) is 39.0 Å². The van der Waals surface area contributed by atoms with Crippen molar-refractivity contribution in [3.8, 4) is 0 Å². The highest BCUT2D eigenvalue weighted by Crippen LogP contribution is 2.21. The van der Waals surface area contributed by atoms with Crippen LogP contribution in [0.4, 0.5) is 16.3 Å². The number of thioether (sulfide) groups is 1. The molecule has 1 aliphatic heterocycles. The zero-order chi connectivity index (χ0) is 20.0. The maximum Gasteiger partial charge on any atom is 0.330 e. The van der Waals surface area contributed by atoms with E-state index in [-0.39, 0.29) is 29.1 Å². The number of carbonyl (C=O) groups excluding carboxylic acids is 2. The van der Waals surface area contributed by atoms with Crippen molar-refractivity contribution in [1.82, 2.24) is 14.5 Å². The number of carbonyl (C=O) groups is 2. The largest absolute Gasteiger partial charge is 0.383 e.